The van der Waals surface area contributed by atoms with Gasteiger partial charge in [0.2, 0.25) is 0 Å². The Morgan fingerprint density at radius 2 is 1.53 bits per heavy atom. The lowest BCUT2D eigenvalue weighted by atomic mass is 10.0. The number of rotatable bonds is 3. The molecular weight excluding hydrogens is 257 g/mol. The highest BCUT2D eigenvalue weighted by atomic mass is 19.2. The number of halogens is 3. The molecule has 0 bridgehead atoms. The summed E-state index contributed by atoms with van der Waals surface area (Å²) in [7, 11) is 1.40. The first-order chi connectivity index (χ1) is 9.05. The van der Waals surface area contributed by atoms with Gasteiger partial charge in [-0.1, -0.05) is 0 Å². The van der Waals surface area contributed by atoms with Gasteiger partial charge in [0.15, 0.2) is 17.5 Å². The van der Waals surface area contributed by atoms with Gasteiger partial charge in [0.1, 0.15) is 12.0 Å². The minimum atomic E-state index is -1.53. The van der Waals surface area contributed by atoms with Crippen LogP contribution in [0.4, 0.5) is 13.2 Å². The van der Waals surface area contributed by atoms with Crippen LogP contribution in [-0.4, -0.2) is 13.4 Å². The SMILES string of the molecule is COc1cc(C=O)cc(-c2cc(F)c(F)c(F)c2)c1. The number of aldehydes is 1. The molecule has 0 radical (unpaired) electrons. The number of benzene rings is 2. The van der Waals surface area contributed by atoms with Gasteiger partial charge >= 0.3 is 0 Å². The van der Waals surface area contributed by atoms with E-state index in [0.29, 0.717) is 23.2 Å². The molecule has 0 spiro atoms. The largest absolute Gasteiger partial charge is 0.497 e. The Balaban J connectivity index is 2.61. The molecule has 2 aromatic rings. The van der Waals surface area contributed by atoms with Crippen LogP contribution in [0.1, 0.15) is 10.4 Å². The lowest BCUT2D eigenvalue weighted by Crippen LogP contribution is -1.93. The van der Waals surface area contributed by atoms with Gasteiger partial charge in [-0.05, 0) is 41.5 Å². The van der Waals surface area contributed by atoms with E-state index in [1.807, 2.05) is 0 Å². The molecule has 19 heavy (non-hydrogen) atoms. The van der Waals surface area contributed by atoms with E-state index in [-0.39, 0.29) is 5.56 Å². The van der Waals surface area contributed by atoms with Crippen LogP contribution in [0.2, 0.25) is 0 Å². The molecule has 0 N–H and O–H groups in total. The molecule has 0 saturated heterocycles. The van der Waals surface area contributed by atoms with Crippen LogP contribution in [0.25, 0.3) is 11.1 Å². The van der Waals surface area contributed by atoms with Gasteiger partial charge in [0, 0.05) is 5.56 Å². The zero-order valence-corrected chi connectivity index (χ0v) is 9.91. The van der Waals surface area contributed by atoms with Gasteiger partial charge in [-0.25, -0.2) is 13.2 Å². The third-order valence-electron chi connectivity index (χ3n) is 2.62. The van der Waals surface area contributed by atoms with Crippen molar-refractivity contribution < 1.29 is 22.7 Å². The molecule has 0 atom stereocenters. The Kier molecular flexibility index (Phi) is 3.55. The second kappa shape index (κ2) is 5.14. The summed E-state index contributed by atoms with van der Waals surface area (Å²) in [5.74, 6) is -3.73. The highest BCUT2D eigenvalue weighted by Crippen LogP contribution is 2.28. The molecule has 2 aromatic carbocycles. The first kappa shape index (κ1) is 13.1. The fraction of sp³-hybridized carbons (Fsp3) is 0.0714. The molecule has 0 amide bonds. The summed E-state index contributed by atoms with van der Waals surface area (Å²) < 4.78 is 44.2. The maximum atomic E-state index is 13.2. The summed E-state index contributed by atoms with van der Waals surface area (Å²) in [6.45, 7) is 0. The number of hydrogen-bond donors (Lipinski definition) is 0. The lowest BCUT2D eigenvalue weighted by molar-refractivity contribution is 0.112. The predicted molar refractivity (Wildman–Crippen MR) is 63.7 cm³/mol. The monoisotopic (exact) mass is 266 g/mol. The van der Waals surface area contributed by atoms with Crippen LogP contribution >= 0.6 is 0 Å². The lowest BCUT2D eigenvalue weighted by Gasteiger charge is -2.07. The van der Waals surface area contributed by atoms with Crippen molar-refractivity contribution in [1.82, 2.24) is 0 Å². The van der Waals surface area contributed by atoms with E-state index in [4.69, 9.17) is 4.74 Å². The molecule has 0 saturated carbocycles. The van der Waals surface area contributed by atoms with Crippen LogP contribution in [0.5, 0.6) is 5.75 Å². The fourth-order valence-electron chi connectivity index (χ4n) is 1.70. The minimum Gasteiger partial charge on any atom is -0.497 e. The van der Waals surface area contributed by atoms with E-state index in [2.05, 4.69) is 0 Å². The van der Waals surface area contributed by atoms with Gasteiger partial charge in [-0.15, -0.1) is 0 Å². The van der Waals surface area contributed by atoms with Gasteiger partial charge in [0.05, 0.1) is 7.11 Å². The molecular formula is C14H9F3O2. The van der Waals surface area contributed by atoms with Crippen molar-refractivity contribution in [1.29, 1.82) is 0 Å². The van der Waals surface area contributed by atoms with E-state index in [1.165, 1.54) is 25.3 Å². The highest BCUT2D eigenvalue weighted by molar-refractivity contribution is 5.80. The highest BCUT2D eigenvalue weighted by Gasteiger charge is 2.12. The number of hydrogen-bond acceptors (Lipinski definition) is 2. The van der Waals surface area contributed by atoms with Crippen LogP contribution in [0.15, 0.2) is 30.3 Å². The Hall–Kier alpha value is -2.30. The molecule has 98 valence electrons. The van der Waals surface area contributed by atoms with Crippen molar-refractivity contribution in [2.24, 2.45) is 0 Å². The van der Waals surface area contributed by atoms with Crippen LogP contribution in [0.3, 0.4) is 0 Å². The maximum absolute atomic E-state index is 13.2. The normalized spacial score (nSPS) is 10.3. The summed E-state index contributed by atoms with van der Waals surface area (Å²) in [5, 5.41) is 0. The molecule has 0 aromatic heterocycles. The summed E-state index contributed by atoms with van der Waals surface area (Å²) in [6.07, 6.45) is 0.586. The average Bonchev–Trinajstić information content (AvgIpc) is 2.43. The third kappa shape index (κ3) is 2.59. The topological polar surface area (TPSA) is 26.3 Å². The molecule has 5 heteroatoms. The first-order valence-electron chi connectivity index (χ1n) is 5.34. The smallest absolute Gasteiger partial charge is 0.194 e. The third-order valence-corrected chi connectivity index (χ3v) is 2.62. The van der Waals surface area contributed by atoms with Gasteiger partial charge in [-0.3, -0.25) is 4.79 Å². The molecule has 2 rings (SSSR count). The zero-order chi connectivity index (χ0) is 14.0. The summed E-state index contributed by atoms with van der Waals surface area (Å²) >= 11 is 0. The van der Waals surface area contributed by atoms with Gasteiger partial charge in [-0.2, -0.15) is 0 Å². The Labute approximate surface area is 107 Å². The first-order valence-corrected chi connectivity index (χ1v) is 5.34. The molecule has 0 heterocycles. The van der Waals surface area contributed by atoms with Crippen molar-refractivity contribution in [2.45, 2.75) is 0 Å². The Bertz CT molecular complexity index is 616. The maximum Gasteiger partial charge on any atom is 0.194 e. The number of carbonyl (C=O) groups excluding carboxylic acids is 1. The van der Waals surface area contributed by atoms with E-state index in [1.54, 1.807) is 0 Å². The standard InChI is InChI=1S/C14H9F3O2/c1-19-11-3-8(7-18)2-9(4-11)10-5-12(15)14(17)13(16)6-10/h2-7H,1H3. The Morgan fingerprint density at radius 3 is 2.05 bits per heavy atom. The van der Waals surface area contributed by atoms with E-state index >= 15 is 0 Å². The van der Waals surface area contributed by atoms with Gasteiger partial charge in [0.25, 0.3) is 0 Å². The summed E-state index contributed by atoms with van der Waals surface area (Å²) in [4.78, 5) is 10.8. The van der Waals surface area contributed by atoms with Crippen molar-refractivity contribution in [2.75, 3.05) is 7.11 Å². The van der Waals surface area contributed by atoms with Crippen molar-refractivity contribution in [3.63, 3.8) is 0 Å². The number of ether oxygens (including phenoxy) is 1. The van der Waals surface area contributed by atoms with E-state index < -0.39 is 17.5 Å². The second-order valence-corrected chi connectivity index (χ2v) is 3.87. The number of methoxy groups -OCH3 is 1. The van der Waals surface area contributed by atoms with Crippen molar-refractivity contribution >= 4 is 6.29 Å². The fourth-order valence-corrected chi connectivity index (χ4v) is 1.70. The van der Waals surface area contributed by atoms with Crippen molar-refractivity contribution in [3.05, 3.63) is 53.3 Å². The molecule has 0 aliphatic rings. The molecule has 0 fully saturated rings. The molecule has 2 nitrogen and oxygen atoms in total. The summed E-state index contributed by atoms with van der Waals surface area (Å²) in [5.41, 5.74) is 0.775. The summed E-state index contributed by atoms with van der Waals surface area (Å²) in [6, 6.07) is 6.14. The predicted octanol–water partition coefficient (Wildman–Crippen LogP) is 3.59. The minimum absolute atomic E-state index is 0.124. The van der Waals surface area contributed by atoms with Gasteiger partial charge < -0.3 is 4.74 Å². The number of carbonyl (C=O) groups is 1. The van der Waals surface area contributed by atoms with E-state index in [0.717, 1.165) is 12.1 Å². The quantitative estimate of drug-likeness (QED) is 0.627. The Morgan fingerprint density at radius 1 is 0.947 bits per heavy atom. The van der Waals surface area contributed by atoms with Crippen LogP contribution < -0.4 is 4.74 Å². The van der Waals surface area contributed by atoms with Crippen LogP contribution in [0, 0.1) is 17.5 Å². The van der Waals surface area contributed by atoms with Crippen LogP contribution in [-0.2, 0) is 0 Å². The van der Waals surface area contributed by atoms with E-state index in [9.17, 15) is 18.0 Å². The second-order valence-electron chi connectivity index (χ2n) is 3.87. The van der Waals surface area contributed by atoms with Crippen molar-refractivity contribution in [3.8, 4) is 16.9 Å². The molecule has 0 unspecified atom stereocenters. The zero-order valence-electron chi connectivity index (χ0n) is 9.91. The molecule has 0 aliphatic carbocycles. The average molecular weight is 266 g/mol. The molecule has 0 aliphatic heterocycles.